The number of benzene rings is 2. The van der Waals surface area contributed by atoms with Gasteiger partial charge in [0.25, 0.3) is 0 Å². The predicted octanol–water partition coefficient (Wildman–Crippen LogP) is 5.17. The van der Waals surface area contributed by atoms with Gasteiger partial charge in [-0.2, -0.15) is 5.26 Å². The molecule has 0 aliphatic carbocycles. The second-order valence-electron chi connectivity index (χ2n) is 6.58. The number of nitrogens with zero attached hydrogens (tertiary/aromatic N) is 3. The van der Waals surface area contributed by atoms with Crippen LogP contribution in [-0.2, 0) is 11.3 Å². The lowest BCUT2D eigenvalue weighted by molar-refractivity contribution is 0.0600. The van der Waals surface area contributed by atoms with Gasteiger partial charge in [0, 0.05) is 22.5 Å². The molecule has 1 aromatic heterocycles. The number of methoxy groups -OCH3 is 1. The molecule has 0 aliphatic rings. The van der Waals surface area contributed by atoms with Crippen molar-refractivity contribution in [3.8, 4) is 17.2 Å². The number of carbonyl (C=O) groups is 1. The molecule has 0 aliphatic heterocycles. The Labute approximate surface area is 168 Å². The Bertz CT molecular complexity index is 1180. The van der Waals surface area contributed by atoms with E-state index >= 15 is 0 Å². The van der Waals surface area contributed by atoms with E-state index in [-0.39, 0.29) is 12.1 Å². The summed E-state index contributed by atoms with van der Waals surface area (Å²) in [5.74, 6) is -0.951. The van der Waals surface area contributed by atoms with Gasteiger partial charge in [-0.1, -0.05) is 30.3 Å². The Morgan fingerprint density at radius 2 is 1.90 bits per heavy atom. The van der Waals surface area contributed by atoms with Crippen molar-refractivity contribution in [2.24, 2.45) is 0 Å². The van der Waals surface area contributed by atoms with Gasteiger partial charge in [-0.15, -0.1) is 0 Å². The van der Waals surface area contributed by atoms with Gasteiger partial charge in [-0.25, -0.2) is 14.0 Å². The molecule has 0 spiro atoms. The van der Waals surface area contributed by atoms with E-state index in [1.807, 2.05) is 17.6 Å². The zero-order valence-electron chi connectivity index (χ0n) is 16.3. The maximum atomic E-state index is 14.4. The number of ether oxygens (including phenoxy) is 1. The van der Waals surface area contributed by atoms with Crippen molar-refractivity contribution >= 4 is 11.7 Å². The monoisotopic (exact) mass is 387 g/mol. The van der Waals surface area contributed by atoms with Crippen LogP contribution in [0.4, 0.5) is 10.1 Å². The van der Waals surface area contributed by atoms with Gasteiger partial charge in [0.05, 0.1) is 37.4 Å². The summed E-state index contributed by atoms with van der Waals surface area (Å²) < 4.78 is 21.3. The van der Waals surface area contributed by atoms with Crippen LogP contribution in [0.25, 0.3) is 16.0 Å². The number of esters is 1. The minimum absolute atomic E-state index is 0.208. The Morgan fingerprint density at radius 1 is 1.21 bits per heavy atom. The van der Waals surface area contributed by atoms with Crippen molar-refractivity contribution in [3.63, 3.8) is 0 Å². The lowest BCUT2D eigenvalue weighted by atomic mass is 10.0. The first-order chi connectivity index (χ1) is 13.9. The first-order valence-corrected chi connectivity index (χ1v) is 8.85. The zero-order chi connectivity index (χ0) is 21.1. The van der Waals surface area contributed by atoms with Crippen molar-refractivity contribution in [1.29, 1.82) is 5.26 Å². The highest BCUT2D eigenvalue weighted by molar-refractivity contribution is 5.99. The van der Waals surface area contributed by atoms with Crippen LogP contribution in [0, 0.1) is 37.6 Å². The fraction of sp³-hybridized carbons (Fsp3) is 0.174. The van der Waals surface area contributed by atoms with Crippen LogP contribution in [0.3, 0.4) is 0 Å². The molecule has 3 aromatic rings. The molecular weight excluding hydrogens is 369 g/mol. The molecule has 3 rings (SSSR count). The molecule has 0 fully saturated rings. The summed E-state index contributed by atoms with van der Waals surface area (Å²) in [6, 6.07) is 13.2. The third-order valence-electron chi connectivity index (χ3n) is 4.97. The van der Waals surface area contributed by atoms with Crippen LogP contribution in [-0.4, -0.2) is 17.6 Å². The van der Waals surface area contributed by atoms with Gasteiger partial charge in [0.2, 0.25) is 0 Å². The molecule has 0 unspecified atom stereocenters. The Hall–Kier alpha value is -3.90. The molecule has 0 radical (unpaired) electrons. The lowest BCUT2D eigenvalue weighted by Gasteiger charge is -2.11. The predicted molar refractivity (Wildman–Crippen MR) is 107 cm³/mol. The number of carbonyl (C=O) groups excluding carboxylic acids is 1. The molecule has 144 valence electrons. The third-order valence-corrected chi connectivity index (χ3v) is 4.97. The molecule has 0 amide bonds. The summed E-state index contributed by atoms with van der Waals surface area (Å²) in [5, 5.41) is 8.93. The molecule has 0 N–H and O–H groups in total. The Kier molecular flexibility index (Phi) is 5.47. The fourth-order valence-electron chi connectivity index (χ4n) is 3.44. The largest absolute Gasteiger partial charge is 0.465 e. The minimum atomic E-state index is -0.478. The van der Waals surface area contributed by atoms with E-state index in [0.717, 1.165) is 11.3 Å². The van der Waals surface area contributed by atoms with Gasteiger partial charge in [0.1, 0.15) is 5.82 Å². The highest BCUT2D eigenvalue weighted by Gasteiger charge is 2.25. The van der Waals surface area contributed by atoms with Crippen LogP contribution in [0.2, 0.25) is 0 Å². The van der Waals surface area contributed by atoms with Crippen molar-refractivity contribution in [3.05, 3.63) is 87.8 Å². The topological polar surface area (TPSA) is 59.4 Å². The molecule has 2 aromatic carbocycles. The molecule has 6 heteroatoms. The van der Waals surface area contributed by atoms with Gasteiger partial charge in [-0.3, -0.25) is 0 Å². The molecule has 0 saturated heterocycles. The number of aromatic nitrogens is 1. The van der Waals surface area contributed by atoms with Crippen LogP contribution in [0.15, 0.2) is 42.5 Å². The normalized spacial score (nSPS) is 10.3. The van der Waals surface area contributed by atoms with Crippen molar-refractivity contribution < 1.29 is 13.9 Å². The molecule has 0 atom stereocenters. The molecule has 29 heavy (non-hydrogen) atoms. The van der Waals surface area contributed by atoms with E-state index < -0.39 is 11.8 Å². The molecule has 5 nitrogen and oxygen atoms in total. The maximum Gasteiger partial charge on any atom is 0.340 e. The summed E-state index contributed by atoms with van der Waals surface area (Å²) in [5.41, 5.74) is 4.48. The second-order valence-corrected chi connectivity index (χ2v) is 6.58. The van der Waals surface area contributed by atoms with Gasteiger partial charge in [-0.05, 0) is 31.5 Å². The first kappa shape index (κ1) is 19.9. The van der Waals surface area contributed by atoms with E-state index in [1.165, 1.54) is 13.2 Å². The van der Waals surface area contributed by atoms with Gasteiger partial charge in [0.15, 0.2) is 5.69 Å². The second kappa shape index (κ2) is 8.00. The smallest absolute Gasteiger partial charge is 0.340 e. The maximum absolute atomic E-state index is 14.4. The van der Waals surface area contributed by atoms with Crippen molar-refractivity contribution in [1.82, 2.24) is 4.57 Å². The SMILES string of the molecule is [C-]#[N+]c1ccc(-c2c(C(=O)OC)c(C)n(Cc3ccc(C#N)cc3F)c2C)cc1. The summed E-state index contributed by atoms with van der Waals surface area (Å²) >= 11 is 0. The summed E-state index contributed by atoms with van der Waals surface area (Å²) in [4.78, 5) is 15.9. The quantitative estimate of drug-likeness (QED) is 0.458. The van der Waals surface area contributed by atoms with E-state index in [1.54, 1.807) is 43.3 Å². The Morgan fingerprint density at radius 3 is 2.45 bits per heavy atom. The van der Waals surface area contributed by atoms with E-state index in [9.17, 15) is 9.18 Å². The van der Waals surface area contributed by atoms with Crippen LogP contribution < -0.4 is 0 Å². The number of hydrogen-bond acceptors (Lipinski definition) is 3. The van der Waals surface area contributed by atoms with Crippen molar-refractivity contribution in [2.75, 3.05) is 7.11 Å². The van der Waals surface area contributed by atoms with Crippen LogP contribution in [0.5, 0.6) is 0 Å². The van der Waals surface area contributed by atoms with Gasteiger partial charge >= 0.3 is 5.97 Å². The van der Waals surface area contributed by atoms with Crippen LogP contribution in [0.1, 0.15) is 32.9 Å². The highest BCUT2D eigenvalue weighted by atomic mass is 19.1. The van der Waals surface area contributed by atoms with Gasteiger partial charge < -0.3 is 9.30 Å². The van der Waals surface area contributed by atoms with E-state index in [0.29, 0.717) is 28.1 Å². The third kappa shape index (κ3) is 3.61. The lowest BCUT2D eigenvalue weighted by Crippen LogP contribution is -2.08. The number of halogens is 1. The van der Waals surface area contributed by atoms with E-state index in [4.69, 9.17) is 16.6 Å². The average Bonchev–Trinajstić information content (AvgIpc) is 2.99. The summed E-state index contributed by atoms with van der Waals surface area (Å²) in [7, 11) is 1.32. The Balaban J connectivity index is 2.16. The fourth-order valence-corrected chi connectivity index (χ4v) is 3.44. The standard InChI is InChI=1S/C23H18FN3O2/c1-14-21(17-7-9-19(26-3)10-8-17)22(23(28)29-4)15(2)27(14)13-18-6-5-16(12-25)11-20(18)24/h5-11H,13H2,1-2,4H3. The minimum Gasteiger partial charge on any atom is -0.465 e. The van der Waals surface area contributed by atoms with Crippen LogP contribution >= 0.6 is 0 Å². The molecule has 1 heterocycles. The van der Waals surface area contributed by atoms with Crippen molar-refractivity contribution in [2.45, 2.75) is 20.4 Å². The highest BCUT2D eigenvalue weighted by Crippen LogP contribution is 2.34. The molecule has 0 saturated carbocycles. The molecule has 0 bridgehead atoms. The summed E-state index contributed by atoms with van der Waals surface area (Å²) in [6.07, 6.45) is 0. The average molecular weight is 387 g/mol. The number of nitriles is 1. The van der Waals surface area contributed by atoms with E-state index in [2.05, 4.69) is 4.85 Å². The zero-order valence-corrected chi connectivity index (χ0v) is 16.3. The summed E-state index contributed by atoms with van der Waals surface area (Å²) in [6.45, 7) is 11.0. The molecular formula is C23H18FN3O2. The number of hydrogen-bond donors (Lipinski definition) is 0. The first-order valence-electron chi connectivity index (χ1n) is 8.85. The number of rotatable bonds is 4.